The molecule has 1 N–H and O–H groups in total. The number of piperidine rings is 1. The lowest BCUT2D eigenvalue weighted by molar-refractivity contribution is 0.190. The van der Waals surface area contributed by atoms with Gasteiger partial charge in [0.15, 0.2) is 0 Å². The van der Waals surface area contributed by atoms with Crippen molar-refractivity contribution in [3.63, 3.8) is 0 Å². The third-order valence-corrected chi connectivity index (χ3v) is 6.00. The maximum atomic E-state index is 8.84. The molecule has 1 saturated heterocycles. The Morgan fingerprint density at radius 1 is 1.37 bits per heavy atom. The SMILES string of the molecule is CCC(C)Cc1nc2cnc3[nH]ccc3c2n1C1CCN(CCC#N)CC1. The number of nitriles is 1. The quantitative estimate of drug-likeness (QED) is 0.716. The molecule has 142 valence electrons. The van der Waals surface area contributed by atoms with E-state index in [4.69, 9.17) is 10.2 Å². The number of hydrogen-bond acceptors (Lipinski definition) is 4. The molecule has 0 amide bonds. The summed E-state index contributed by atoms with van der Waals surface area (Å²) in [7, 11) is 0. The molecule has 3 aromatic rings. The highest BCUT2D eigenvalue weighted by Crippen LogP contribution is 2.33. The van der Waals surface area contributed by atoms with Crippen LogP contribution in [0.15, 0.2) is 18.5 Å². The zero-order chi connectivity index (χ0) is 18.8. The van der Waals surface area contributed by atoms with E-state index < -0.39 is 0 Å². The second kappa shape index (κ2) is 7.69. The molecule has 27 heavy (non-hydrogen) atoms. The fourth-order valence-electron chi connectivity index (χ4n) is 4.24. The Kier molecular flexibility index (Phi) is 5.13. The van der Waals surface area contributed by atoms with Gasteiger partial charge in [-0.2, -0.15) is 5.26 Å². The summed E-state index contributed by atoms with van der Waals surface area (Å²) in [6.45, 7) is 7.54. The van der Waals surface area contributed by atoms with Gasteiger partial charge in [0, 0.05) is 50.1 Å². The number of nitrogens with one attached hydrogen (secondary N) is 1. The summed E-state index contributed by atoms with van der Waals surface area (Å²) in [5.41, 5.74) is 3.17. The summed E-state index contributed by atoms with van der Waals surface area (Å²) in [5.74, 6) is 1.82. The second-order valence-corrected chi connectivity index (χ2v) is 7.83. The van der Waals surface area contributed by atoms with E-state index in [1.54, 1.807) is 0 Å². The van der Waals surface area contributed by atoms with Crippen molar-refractivity contribution in [2.24, 2.45) is 5.92 Å². The first-order chi connectivity index (χ1) is 13.2. The van der Waals surface area contributed by atoms with Gasteiger partial charge in [0.05, 0.1) is 17.8 Å². The maximum absolute atomic E-state index is 8.84. The number of pyridine rings is 1. The number of fused-ring (bicyclic) bond motifs is 3. The molecule has 0 aromatic carbocycles. The second-order valence-electron chi connectivity index (χ2n) is 7.83. The predicted octanol–water partition coefficient (Wildman–Crippen LogP) is 4.05. The Morgan fingerprint density at radius 3 is 2.93 bits per heavy atom. The van der Waals surface area contributed by atoms with Crippen molar-refractivity contribution in [1.82, 2.24) is 24.4 Å². The van der Waals surface area contributed by atoms with Crippen molar-refractivity contribution in [3.05, 3.63) is 24.3 Å². The van der Waals surface area contributed by atoms with Crippen LogP contribution in [0.4, 0.5) is 0 Å². The number of aromatic amines is 1. The molecule has 1 aliphatic rings. The molecule has 3 aromatic heterocycles. The van der Waals surface area contributed by atoms with Crippen LogP contribution in [0.3, 0.4) is 0 Å². The van der Waals surface area contributed by atoms with Crippen molar-refractivity contribution in [2.75, 3.05) is 19.6 Å². The van der Waals surface area contributed by atoms with Crippen LogP contribution in [0.5, 0.6) is 0 Å². The molecular formula is C21H28N6. The Balaban J connectivity index is 1.72. The van der Waals surface area contributed by atoms with Crippen LogP contribution < -0.4 is 0 Å². The lowest BCUT2D eigenvalue weighted by atomic mass is 10.0. The minimum absolute atomic E-state index is 0.466. The highest BCUT2D eigenvalue weighted by Gasteiger charge is 2.26. The molecule has 0 saturated carbocycles. The van der Waals surface area contributed by atoms with E-state index in [0.717, 1.165) is 56.5 Å². The van der Waals surface area contributed by atoms with E-state index in [2.05, 4.69) is 45.4 Å². The van der Waals surface area contributed by atoms with Gasteiger partial charge in [0.2, 0.25) is 0 Å². The summed E-state index contributed by atoms with van der Waals surface area (Å²) in [6.07, 6.45) is 8.88. The van der Waals surface area contributed by atoms with Gasteiger partial charge in [0.25, 0.3) is 0 Å². The van der Waals surface area contributed by atoms with E-state index >= 15 is 0 Å². The molecule has 1 unspecified atom stereocenters. The number of H-pyrrole nitrogens is 1. The molecule has 0 bridgehead atoms. The van der Waals surface area contributed by atoms with Crippen molar-refractivity contribution >= 4 is 22.1 Å². The van der Waals surface area contributed by atoms with Crippen LogP contribution in [-0.4, -0.2) is 44.1 Å². The Morgan fingerprint density at radius 2 is 2.19 bits per heavy atom. The third-order valence-electron chi connectivity index (χ3n) is 6.00. The molecule has 0 radical (unpaired) electrons. The molecule has 6 heteroatoms. The smallest absolute Gasteiger partial charge is 0.139 e. The highest BCUT2D eigenvalue weighted by molar-refractivity contribution is 6.01. The van der Waals surface area contributed by atoms with Crippen LogP contribution in [-0.2, 0) is 6.42 Å². The van der Waals surface area contributed by atoms with Gasteiger partial charge in [-0.1, -0.05) is 20.3 Å². The average Bonchev–Trinajstić information content (AvgIpc) is 3.30. The maximum Gasteiger partial charge on any atom is 0.139 e. The number of nitrogens with zero attached hydrogens (tertiary/aromatic N) is 5. The van der Waals surface area contributed by atoms with Gasteiger partial charge in [-0.25, -0.2) is 9.97 Å². The van der Waals surface area contributed by atoms with Crippen molar-refractivity contribution < 1.29 is 0 Å². The molecule has 0 aliphatic carbocycles. The third kappa shape index (κ3) is 3.44. The van der Waals surface area contributed by atoms with Gasteiger partial charge >= 0.3 is 0 Å². The van der Waals surface area contributed by atoms with E-state index in [9.17, 15) is 0 Å². The highest BCUT2D eigenvalue weighted by atomic mass is 15.2. The molecule has 0 spiro atoms. The lowest BCUT2D eigenvalue weighted by Crippen LogP contribution is -2.35. The lowest BCUT2D eigenvalue weighted by Gasteiger charge is -2.33. The number of likely N-dealkylation sites (tertiary alicyclic amines) is 1. The van der Waals surface area contributed by atoms with Crippen LogP contribution >= 0.6 is 0 Å². The Hall–Kier alpha value is -2.39. The van der Waals surface area contributed by atoms with Crippen LogP contribution in [0.1, 0.15) is 51.4 Å². The van der Waals surface area contributed by atoms with Crippen molar-refractivity contribution in [3.8, 4) is 6.07 Å². The Labute approximate surface area is 160 Å². The zero-order valence-electron chi connectivity index (χ0n) is 16.3. The monoisotopic (exact) mass is 364 g/mol. The van der Waals surface area contributed by atoms with Gasteiger partial charge in [0.1, 0.15) is 17.0 Å². The normalized spacial score (nSPS) is 17.5. The van der Waals surface area contributed by atoms with Gasteiger partial charge in [-0.05, 0) is 24.8 Å². The summed E-state index contributed by atoms with van der Waals surface area (Å²) >= 11 is 0. The van der Waals surface area contributed by atoms with Crippen molar-refractivity contribution in [2.45, 2.75) is 52.0 Å². The largest absolute Gasteiger partial charge is 0.346 e. The van der Waals surface area contributed by atoms with Crippen molar-refractivity contribution in [1.29, 1.82) is 5.26 Å². The van der Waals surface area contributed by atoms with E-state index in [1.165, 1.54) is 16.7 Å². The molecule has 1 atom stereocenters. The number of hydrogen-bond donors (Lipinski definition) is 1. The summed E-state index contributed by atoms with van der Waals surface area (Å²) in [6, 6.07) is 4.85. The number of rotatable bonds is 6. The standard InChI is InChI=1S/C21H28N6/c1-3-15(2)13-19-25-18-14-24-21-17(5-9-23-21)20(18)27(19)16-6-11-26(12-7-16)10-4-8-22/h5,9,14-16H,3-4,6-7,10-13H2,1-2H3,(H,23,24). The van der Waals surface area contributed by atoms with E-state index in [-0.39, 0.29) is 0 Å². The fraction of sp³-hybridized carbons (Fsp3) is 0.571. The zero-order valence-corrected chi connectivity index (χ0v) is 16.3. The van der Waals surface area contributed by atoms with Crippen LogP contribution in [0.2, 0.25) is 0 Å². The first-order valence-corrected chi connectivity index (χ1v) is 10.1. The average molecular weight is 364 g/mol. The topological polar surface area (TPSA) is 73.5 Å². The first-order valence-electron chi connectivity index (χ1n) is 10.1. The van der Waals surface area contributed by atoms with Gasteiger partial charge < -0.3 is 14.5 Å². The minimum atomic E-state index is 0.466. The summed E-state index contributed by atoms with van der Waals surface area (Å²) in [5, 5.41) is 10.0. The van der Waals surface area contributed by atoms with E-state index in [0.29, 0.717) is 18.4 Å². The van der Waals surface area contributed by atoms with Crippen LogP contribution in [0, 0.1) is 17.2 Å². The predicted molar refractivity (Wildman–Crippen MR) is 107 cm³/mol. The molecule has 4 heterocycles. The van der Waals surface area contributed by atoms with E-state index in [1.807, 2.05) is 12.4 Å². The molecule has 6 nitrogen and oxygen atoms in total. The molecule has 1 aliphatic heterocycles. The summed E-state index contributed by atoms with van der Waals surface area (Å²) < 4.78 is 2.51. The Bertz CT molecular complexity index is 954. The van der Waals surface area contributed by atoms with Gasteiger partial charge in [-0.3, -0.25) is 0 Å². The molecule has 4 rings (SSSR count). The minimum Gasteiger partial charge on any atom is -0.346 e. The molecular weight excluding hydrogens is 336 g/mol. The van der Waals surface area contributed by atoms with Gasteiger partial charge in [-0.15, -0.1) is 0 Å². The number of aromatic nitrogens is 4. The first kappa shape index (κ1) is 18.0. The summed E-state index contributed by atoms with van der Waals surface area (Å²) in [4.78, 5) is 15.2. The fourth-order valence-corrected chi connectivity index (χ4v) is 4.24. The van der Waals surface area contributed by atoms with Crippen LogP contribution in [0.25, 0.3) is 22.1 Å². The number of imidazole rings is 1. The molecule has 1 fully saturated rings.